The Bertz CT molecular complexity index is 985. The molecule has 1 aromatic heterocycles. The highest BCUT2D eigenvalue weighted by atomic mass is 79.9. The van der Waals surface area contributed by atoms with Crippen LogP contribution in [0.25, 0.3) is 0 Å². The van der Waals surface area contributed by atoms with Crippen LogP contribution in [0.2, 0.25) is 0 Å². The number of ether oxygens (including phenoxy) is 1. The number of nitrogens with zero attached hydrogens (tertiary/aromatic N) is 1. The summed E-state index contributed by atoms with van der Waals surface area (Å²) in [5.41, 5.74) is 8.04. The maximum absolute atomic E-state index is 13.1. The van der Waals surface area contributed by atoms with Gasteiger partial charge in [0.1, 0.15) is 17.4 Å². The number of carbonyl (C=O) groups is 1. The van der Waals surface area contributed by atoms with E-state index in [0.29, 0.717) is 29.7 Å². The molecule has 0 radical (unpaired) electrons. The van der Waals surface area contributed by atoms with Crippen LogP contribution in [0.15, 0.2) is 69.0 Å². The molecule has 0 fully saturated rings. The van der Waals surface area contributed by atoms with Crippen LogP contribution in [0.1, 0.15) is 35.1 Å². The maximum atomic E-state index is 13.1. The minimum absolute atomic E-state index is 0.0230. The number of Topliss-reactive ketones (excluding diaryl/α,β-unsaturated/α-hetero) is 1. The summed E-state index contributed by atoms with van der Waals surface area (Å²) < 4.78 is 6.71. The molecule has 2 heterocycles. The van der Waals surface area contributed by atoms with Gasteiger partial charge in [0.15, 0.2) is 5.78 Å². The number of allylic oxidation sites excluding steroid dienone is 3. The second-order valence-electron chi connectivity index (χ2n) is 6.34. The molecule has 4 nitrogen and oxygen atoms in total. The third kappa shape index (κ3) is 2.87. The number of hydrogen-bond acceptors (Lipinski definition) is 5. The average Bonchev–Trinajstić information content (AvgIpc) is 3.07. The predicted octanol–water partition coefficient (Wildman–Crippen LogP) is 4.72. The number of nitrogens with two attached hydrogens (primary N) is 1. The van der Waals surface area contributed by atoms with Crippen LogP contribution in [0.5, 0.6) is 0 Å². The van der Waals surface area contributed by atoms with E-state index in [9.17, 15) is 10.1 Å². The zero-order valence-corrected chi connectivity index (χ0v) is 16.1. The van der Waals surface area contributed by atoms with Gasteiger partial charge in [0.05, 0.1) is 9.70 Å². The van der Waals surface area contributed by atoms with E-state index in [0.717, 1.165) is 14.2 Å². The van der Waals surface area contributed by atoms with Gasteiger partial charge in [0.2, 0.25) is 5.88 Å². The van der Waals surface area contributed by atoms with E-state index in [-0.39, 0.29) is 17.6 Å². The summed E-state index contributed by atoms with van der Waals surface area (Å²) in [5, 5.41) is 9.60. The van der Waals surface area contributed by atoms with Gasteiger partial charge in [-0.1, -0.05) is 30.3 Å². The molecule has 0 bridgehead atoms. The molecule has 2 aromatic rings. The number of halogens is 1. The highest BCUT2D eigenvalue weighted by Crippen LogP contribution is 2.48. The van der Waals surface area contributed by atoms with Crippen LogP contribution in [-0.4, -0.2) is 5.78 Å². The minimum atomic E-state index is -0.440. The first-order valence-electron chi connectivity index (χ1n) is 8.22. The van der Waals surface area contributed by atoms with Gasteiger partial charge >= 0.3 is 0 Å². The SMILES string of the molecule is N#CC1=C(N)OC2=C(C(=O)CC(c3ccccc3)C2)C1c1ccc(Br)s1. The van der Waals surface area contributed by atoms with Crippen molar-refractivity contribution < 1.29 is 9.53 Å². The molecule has 130 valence electrons. The fraction of sp³-hybridized carbons (Fsp3) is 0.200. The first-order chi connectivity index (χ1) is 12.6. The molecular weight excluding hydrogens is 412 g/mol. The van der Waals surface area contributed by atoms with Crippen LogP contribution in [0.3, 0.4) is 0 Å². The molecule has 0 spiro atoms. The van der Waals surface area contributed by atoms with Crippen molar-refractivity contribution >= 4 is 33.0 Å². The molecule has 2 unspecified atom stereocenters. The molecule has 26 heavy (non-hydrogen) atoms. The summed E-state index contributed by atoms with van der Waals surface area (Å²) in [6.07, 6.45) is 1.02. The van der Waals surface area contributed by atoms with Gasteiger partial charge in [0.25, 0.3) is 0 Å². The summed E-state index contributed by atoms with van der Waals surface area (Å²) in [6, 6.07) is 15.9. The zero-order valence-electron chi connectivity index (χ0n) is 13.7. The van der Waals surface area contributed by atoms with Crippen molar-refractivity contribution in [2.45, 2.75) is 24.7 Å². The van der Waals surface area contributed by atoms with Crippen LogP contribution in [0.4, 0.5) is 0 Å². The quantitative estimate of drug-likeness (QED) is 0.753. The van der Waals surface area contributed by atoms with Crippen molar-refractivity contribution in [2.24, 2.45) is 5.73 Å². The number of nitriles is 1. The molecule has 1 aromatic carbocycles. The molecule has 1 aliphatic carbocycles. The third-order valence-electron chi connectivity index (χ3n) is 4.81. The third-order valence-corrected chi connectivity index (χ3v) is 6.50. The monoisotopic (exact) mass is 426 g/mol. The Labute approximate surface area is 163 Å². The summed E-state index contributed by atoms with van der Waals surface area (Å²) >= 11 is 4.96. The fourth-order valence-electron chi connectivity index (χ4n) is 3.64. The van der Waals surface area contributed by atoms with Crippen molar-refractivity contribution in [3.05, 3.63) is 79.5 Å². The van der Waals surface area contributed by atoms with Crippen molar-refractivity contribution in [3.8, 4) is 6.07 Å². The van der Waals surface area contributed by atoms with Gasteiger partial charge < -0.3 is 10.5 Å². The van der Waals surface area contributed by atoms with Gasteiger partial charge in [-0.2, -0.15) is 5.26 Å². The Morgan fingerprint density at radius 3 is 2.62 bits per heavy atom. The Morgan fingerprint density at radius 1 is 1.19 bits per heavy atom. The van der Waals surface area contributed by atoms with Crippen LogP contribution < -0.4 is 5.73 Å². The van der Waals surface area contributed by atoms with Gasteiger partial charge in [-0.15, -0.1) is 11.3 Å². The van der Waals surface area contributed by atoms with Crippen molar-refractivity contribution in [1.29, 1.82) is 5.26 Å². The van der Waals surface area contributed by atoms with Crippen LogP contribution in [-0.2, 0) is 9.53 Å². The molecule has 2 atom stereocenters. The zero-order chi connectivity index (χ0) is 18.3. The molecule has 2 N–H and O–H groups in total. The number of benzene rings is 1. The van der Waals surface area contributed by atoms with E-state index in [2.05, 4.69) is 22.0 Å². The lowest BCUT2D eigenvalue weighted by Crippen LogP contribution is -2.29. The van der Waals surface area contributed by atoms with Crippen LogP contribution >= 0.6 is 27.3 Å². The summed E-state index contributed by atoms with van der Waals surface area (Å²) in [6.45, 7) is 0. The van der Waals surface area contributed by atoms with E-state index in [1.807, 2.05) is 42.5 Å². The molecule has 6 heteroatoms. The first kappa shape index (κ1) is 17.1. The van der Waals surface area contributed by atoms with Crippen molar-refractivity contribution in [2.75, 3.05) is 0 Å². The number of ketones is 1. The lowest BCUT2D eigenvalue weighted by atomic mass is 9.75. The Hall–Kier alpha value is -2.36. The minimum Gasteiger partial charge on any atom is -0.444 e. The Balaban J connectivity index is 1.79. The summed E-state index contributed by atoms with van der Waals surface area (Å²) in [4.78, 5) is 14.0. The molecule has 0 saturated heterocycles. The Morgan fingerprint density at radius 2 is 1.96 bits per heavy atom. The largest absolute Gasteiger partial charge is 0.444 e. The maximum Gasteiger partial charge on any atom is 0.205 e. The average molecular weight is 427 g/mol. The van der Waals surface area contributed by atoms with Crippen molar-refractivity contribution in [1.82, 2.24) is 0 Å². The summed E-state index contributed by atoms with van der Waals surface area (Å²) in [7, 11) is 0. The van der Waals surface area contributed by atoms with E-state index in [1.54, 1.807) is 0 Å². The number of carbonyl (C=O) groups excluding carboxylic acids is 1. The molecular formula is C20H15BrN2O2S. The first-order valence-corrected chi connectivity index (χ1v) is 9.83. The second kappa shape index (κ2) is 6.75. The molecule has 2 aliphatic rings. The van der Waals surface area contributed by atoms with Crippen molar-refractivity contribution in [3.63, 3.8) is 0 Å². The normalized spacial score (nSPS) is 22.7. The molecule has 4 rings (SSSR count). The van der Waals surface area contributed by atoms with Gasteiger partial charge in [-0.3, -0.25) is 4.79 Å². The molecule has 1 aliphatic heterocycles. The number of rotatable bonds is 2. The Kier molecular flexibility index (Phi) is 4.43. The standard InChI is InChI=1S/C20H15BrN2O2S/c21-17-7-6-16(26-17)18-13(10-22)20(23)25-15-9-12(8-14(24)19(15)18)11-4-2-1-3-5-11/h1-7,12,18H,8-9,23H2. The van der Waals surface area contributed by atoms with Gasteiger partial charge in [-0.05, 0) is 39.5 Å². The summed E-state index contributed by atoms with van der Waals surface area (Å²) in [5.74, 6) is 0.345. The highest BCUT2D eigenvalue weighted by Gasteiger charge is 2.41. The molecule has 0 saturated carbocycles. The van der Waals surface area contributed by atoms with Gasteiger partial charge in [0, 0.05) is 23.3 Å². The number of hydrogen-bond donors (Lipinski definition) is 1. The second-order valence-corrected chi connectivity index (χ2v) is 8.84. The van der Waals surface area contributed by atoms with E-state index in [4.69, 9.17) is 10.5 Å². The lowest BCUT2D eigenvalue weighted by molar-refractivity contribution is -0.117. The predicted molar refractivity (Wildman–Crippen MR) is 103 cm³/mol. The van der Waals surface area contributed by atoms with Gasteiger partial charge in [-0.25, -0.2) is 0 Å². The highest BCUT2D eigenvalue weighted by molar-refractivity contribution is 9.11. The van der Waals surface area contributed by atoms with E-state index >= 15 is 0 Å². The lowest BCUT2D eigenvalue weighted by Gasteiger charge is -2.33. The number of thiophene rings is 1. The fourth-order valence-corrected chi connectivity index (χ4v) is 5.18. The smallest absolute Gasteiger partial charge is 0.205 e. The topological polar surface area (TPSA) is 76.1 Å². The van der Waals surface area contributed by atoms with E-state index < -0.39 is 5.92 Å². The molecule has 0 amide bonds. The van der Waals surface area contributed by atoms with Crippen LogP contribution in [0, 0.1) is 11.3 Å². The van der Waals surface area contributed by atoms with E-state index in [1.165, 1.54) is 11.3 Å².